The number of hydrogen-bond acceptors (Lipinski definition) is 3. The third-order valence-electron chi connectivity index (χ3n) is 4.26. The second-order valence-corrected chi connectivity index (χ2v) is 5.89. The molecule has 124 valence electrons. The zero-order chi connectivity index (χ0) is 17.6. The number of amides is 1. The van der Waals surface area contributed by atoms with Crippen molar-refractivity contribution in [3.63, 3.8) is 0 Å². The van der Waals surface area contributed by atoms with Crippen LogP contribution in [0.4, 0.5) is 0 Å². The summed E-state index contributed by atoms with van der Waals surface area (Å²) < 4.78 is 1.91. The average Bonchev–Trinajstić information content (AvgIpc) is 3.18. The zero-order valence-corrected chi connectivity index (χ0v) is 13.5. The summed E-state index contributed by atoms with van der Waals surface area (Å²) in [6, 6.07) is 14.6. The maximum Gasteiger partial charge on any atom is 0.250 e. The van der Waals surface area contributed by atoms with E-state index in [9.17, 15) is 9.90 Å². The number of primary amides is 1. The van der Waals surface area contributed by atoms with Crippen LogP contribution in [-0.4, -0.2) is 25.5 Å². The Hall–Kier alpha value is -3.54. The van der Waals surface area contributed by atoms with Crippen LogP contribution in [0.1, 0.15) is 16.1 Å². The van der Waals surface area contributed by atoms with E-state index in [4.69, 9.17) is 5.73 Å². The summed E-state index contributed by atoms with van der Waals surface area (Å²) in [5.41, 5.74) is 10.8. The lowest BCUT2D eigenvalue weighted by molar-refractivity contribution is 0.1000. The highest BCUT2D eigenvalue weighted by atomic mass is 16.3. The molecule has 0 radical (unpaired) electrons. The molecule has 0 atom stereocenters. The molecule has 2 aromatic carbocycles. The van der Waals surface area contributed by atoms with Crippen LogP contribution >= 0.6 is 0 Å². The normalized spacial score (nSPS) is 11.1. The largest absolute Gasteiger partial charge is 0.508 e. The van der Waals surface area contributed by atoms with Gasteiger partial charge in [0, 0.05) is 23.0 Å². The Morgan fingerprint density at radius 3 is 2.76 bits per heavy atom. The van der Waals surface area contributed by atoms with Crippen molar-refractivity contribution >= 4 is 16.9 Å². The number of imidazole rings is 1. The number of carbonyl (C=O) groups is 1. The molecule has 0 spiro atoms. The van der Waals surface area contributed by atoms with Gasteiger partial charge in [0.2, 0.25) is 0 Å². The fraction of sp³-hybridized carbons (Fsp3) is 0.0526. The number of aryl methyl sites for hydroxylation is 1. The molecule has 0 aliphatic carbocycles. The summed E-state index contributed by atoms with van der Waals surface area (Å²) in [5, 5.41) is 9.81. The van der Waals surface area contributed by atoms with Gasteiger partial charge in [-0.2, -0.15) is 0 Å². The third-order valence-corrected chi connectivity index (χ3v) is 4.26. The van der Waals surface area contributed by atoms with Crippen LogP contribution in [0.2, 0.25) is 0 Å². The molecule has 0 saturated carbocycles. The standard InChI is InChI=1S/C19H16N4O2/c1-11-14(19(20)25)9-16(22-11)13-4-2-3-5-17(13)23-10-21-15-7-6-12(24)8-18(15)23/h2-10,22,24H,1H3,(H2,20,25). The lowest BCUT2D eigenvalue weighted by Gasteiger charge is -2.10. The molecule has 0 unspecified atom stereocenters. The van der Waals surface area contributed by atoms with Crippen molar-refractivity contribution in [3.8, 4) is 22.7 Å². The van der Waals surface area contributed by atoms with E-state index in [1.54, 1.807) is 30.6 Å². The number of aromatic hydroxyl groups is 1. The maximum absolute atomic E-state index is 11.6. The monoisotopic (exact) mass is 332 g/mol. The van der Waals surface area contributed by atoms with E-state index in [1.165, 1.54) is 0 Å². The first-order valence-electron chi connectivity index (χ1n) is 7.80. The molecule has 2 aromatic heterocycles. The van der Waals surface area contributed by atoms with Crippen molar-refractivity contribution in [2.75, 3.05) is 0 Å². The molecule has 6 nitrogen and oxygen atoms in total. The number of aromatic amines is 1. The van der Waals surface area contributed by atoms with Crippen LogP contribution in [0.3, 0.4) is 0 Å². The first-order valence-corrected chi connectivity index (χ1v) is 7.80. The molecule has 4 N–H and O–H groups in total. The molecule has 4 aromatic rings. The number of phenols is 1. The molecule has 2 heterocycles. The van der Waals surface area contributed by atoms with Crippen molar-refractivity contribution in [3.05, 3.63) is 66.1 Å². The molecule has 25 heavy (non-hydrogen) atoms. The minimum Gasteiger partial charge on any atom is -0.508 e. The van der Waals surface area contributed by atoms with Gasteiger partial charge in [0.1, 0.15) is 12.1 Å². The van der Waals surface area contributed by atoms with E-state index in [2.05, 4.69) is 9.97 Å². The maximum atomic E-state index is 11.6. The molecule has 6 heteroatoms. The van der Waals surface area contributed by atoms with Crippen molar-refractivity contribution < 1.29 is 9.90 Å². The quantitative estimate of drug-likeness (QED) is 0.537. The summed E-state index contributed by atoms with van der Waals surface area (Å²) in [6.45, 7) is 1.82. The molecule has 0 aliphatic heterocycles. The molecular formula is C19H16N4O2. The van der Waals surface area contributed by atoms with Gasteiger partial charge in [-0.15, -0.1) is 0 Å². The van der Waals surface area contributed by atoms with Crippen molar-refractivity contribution in [2.24, 2.45) is 5.73 Å². The Labute approximate surface area is 143 Å². The van der Waals surface area contributed by atoms with Crippen molar-refractivity contribution in [2.45, 2.75) is 6.92 Å². The first-order chi connectivity index (χ1) is 12.0. The first kappa shape index (κ1) is 15.0. The number of nitrogens with one attached hydrogen (secondary N) is 1. The Kier molecular flexibility index (Phi) is 3.32. The molecule has 4 rings (SSSR count). The minimum atomic E-state index is -0.463. The molecular weight excluding hydrogens is 316 g/mol. The number of nitrogens with zero attached hydrogens (tertiary/aromatic N) is 2. The highest BCUT2D eigenvalue weighted by Gasteiger charge is 2.15. The Morgan fingerprint density at radius 1 is 1.20 bits per heavy atom. The van der Waals surface area contributed by atoms with Crippen molar-refractivity contribution in [1.82, 2.24) is 14.5 Å². The number of benzene rings is 2. The molecule has 0 bridgehead atoms. The highest BCUT2D eigenvalue weighted by molar-refractivity contribution is 5.96. The smallest absolute Gasteiger partial charge is 0.250 e. The lowest BCUT2D eigenvalue weighted by Crippen LogP contribution is -2.10. The van der Waals surface area contributed by atoms with Crippen LogP contribution < -0.4 is 5.73 Å². The number of para-hydroxylation sites is 1. The SMILES string of the molecule is Cc1[nH]c(-c2ccccc2-n2cnc3ccc(O)cc32)cc1C(N)=O. The van der Waals surface area contributed by atoms with Crippen LogP contribution in [0.15, 0.2) is 54.9 Å². The van der Waals surface area contributed by atoms with Gasteiger partial charge in [0.05, 0.1) is 22.3 Å². The zero-order valence-electron chi connectivity index (χ0n) is 13.5. The van der Waals surface area contributed by atoms with Crippen molar-refractivity contribution in [1.29, 1.82) is 0 Å². The minimum absolute atomic E-state index is 0.179. The predicted octanol–water partition coefficient (Wildman–Crippen LogP) is 3.13. The summed E-state index contributed by atoms with van der Waals surface area (Å²) in [7, 11) is 0. The van der Waals surface area contributed by atoms with Crippen LogP contribution in [-0.2, 0) is 0 Å². The van der Waals surface area contributed by atoms with Gasteiger partial charge >= 0.3 is 0 Å². The van der Waals surface area contributed by atoms with Crippen LogP contribution in [0, 0.1) is 6.92 Å². The number of H-pyrrole nitrogens is 1. The van der Waals surface area contributed by atoms with Crippen LogP contribution in [0.25, 0.3) is 28.0 Å². The van der Waals surface area contributed by atoms with E-state index in [0.717, 1.165) is 33.7 Å². The van der Waals surface area contributed by atoms with Gasteiger partial charge in [-0.25, -0.2) is 4.98 Å². The summed E-state index contributed by atoms with van der Waals surface area (Å²) in [6.07, 6.45) is 1.72. The Bertz CT molecular complexity index is 1110. The average molecular weight is 332 g/mol. The Morgan fingerprint density at radius 2 is 2.00 bits per heavy atom. The fourth-order valence-electron chi connectivity index (χ4n) is 3.06. The van der Waals surface area contributed by atoms with Gasteiger partial charge in [0.25, 0.3) is 5.91 Å². The van der Waals surface area contributed by atoms with Gasteiger partial charge in [0.15, 0.2) is 0 Å². The topological polar surface area (TPSA) is 96.9 Å². The number of phenolic OH excluding ortho intramolecular Hbond substituents is 1. The number of fused-ring (bicyclic) bond motifs is 1. The number of nitrogens with two attached hydrogens (primary N) is 1. The predicted molar refractivity (Wildman–Crippen MR) is 95.8 cm³/mol. The number of aromatic nitrogens is 3. The molecule has 0 fully saturated rings. The number of carbonyl (C=O) groups excluding carboxylic acids is 1. The van der Waals surface area contributed by atoms with E-state index in [0.29, 0.717) is 5.56 Å². The highest BCUT2D eigenvalue weighted by Crippen LogP contribution is 2.30. The van der Waals surface area contributed by atoms with Gasteiger partial charge in [-0.3, -0.25) is 9.36 Å². The van der Waals surface area contributed by atoms with E-state index >= 15 is 0 Å². The molecule has 0 saturated heterocycles. The second kappa shape index (κ2) is 5.52. The van der Waals surface area contributed by atoms with E-state index in [1.807, 2.05) is 35.8 Å². The van der Waals surface area contributed by atoms with Gasteiger partial charge < -0.3 is 15.8 Å². The molecule has 0 aliphatic rings. The van der Waals surface area contributed by atoms with Crippen LogP contribution in [0.5, 0.6) is 5.75 Å². The number of rotatable bonds is 3. The van der Waals surface area contributed by atoms with Gasteiger partial charge in [-0.05, 0) is 31.2 Å². The fourth-order valence-corrected chi connectivity index (χ4v) is 3.06. The summed E-state index contributed by atoms with van der Waals surface area (Å²) >= 11 is 0. The van der Waals surface area contributed by atoms with E-state index < -0.39 is 5.91 Å². The summed E-state index contributed by atoms with van der Waals surface area (Å²) in [5.74, 6) is -0.283. The second-order valence-electron chi connectivity index (χ2n) is 5.89. The van der Waals surface area contributed by atoms with Gasteiger partial charge in [-0.1, -0.05) is 18.2 Å². The summed E-state index contributed by atoms with van der Waals surface area (Å²) in [4.78, 5) is 19.2. The number of hydrogen-bond donors (Lipinski definition) is 3. The lowest BCUT2D eigenvalue weighted by atomic mass is 10.1. The van der Waals surface area contributed by atoms with E-state index in [-0.39, 0.29) is 5.75 Å². The third kappa shape index (κ3) is 2.44. The Balaban J connectivity index is 1.94. The molecule has 1 amide bonds.